The molecule has 2 N–H and O–H groups in total. The predicted octanol–water partition coefficient (Wildman–Crippen LogP) is 0.191. The van der Waals surface area contributed by atoms with Gasteiger partial charge in [-0.25, -0.2) is 4.68 Å². The minimum absolute atomic E-state index is 0.0552. The third-order valence-corrected chi connectivity index (χ3v) is 2.22. The lowest BCUT2D eigenvalue weighted by atomic mass is 9.88. The fraction of sp³-hybridized carbons (Fsp3) is 0.727. The first-order valence-corrected chi connectivity index (χ1v) is 5.65. The summed E-state index contributed by atoms with van der Waals surface area (Å²) in [6.07, 6.45) is 3.87. The zero-order chi connectivity index (χ0) is 12.9. The van der Waals surface area contributed by atoms with Gasteiger partial charge in [-0.3, -0.25) is 4.79 Å². The summed E-state index contributed by atoms with van der Waals surface area (Å²) in [7, 11) is 0. The molecule has 17 heavy (non-hydrogen) atoms. The normalized spacial score (nSPS) is 13.4. The summed E-state index contributed by atoms with van der Waals surface area (Å²) in [4.78, 5) is 11.7. The first kappa shape index (κ1) is 13.6. The van der Waals surface area contributed by atoms with E-state index in [1.807, 2.05) is 0 Å². The second-order valence-corrected chi connectivity index (χ2v) is 5.31. The van der Waals surface area contributed by atoms with Crippen LogP contribution in [0.15, 0.2) is 12.4 Å². The molecule has 0 spiro atoms. The molecule has 0 aliphatic carbocycles. The van der Waals surface area contributed by atoms with Gasteiger partial charge in [0.1, 0.15) is 6.54 Å². The summed E-state index contributed by atoms with van der Waals surface area (Å²) < 4.78 is 1.45. The van der Waals surface area contributed by atoms with Gasteiger partial charge in [-0.2, -0.15) is 0 Å². The summed E-state index contributed by atoms with van der Waals surface area (Å²) in [5.41, 5.74) is 0.0634. The third kappa shape index (κ3) is 5.44. The molecule has 6 heteroatoms. The minimum Gasteiger partial charge on any atom is -0.394 e. The Morgan fingerprint density at radius 2 is 2.24 bits per heavy atom. The van der Waals surface area contributed by atoms with E-state index in [-0.39, 0.29) is 30.5 Å². The van der Waals surface area contributed by atoms with Crippen molar-refractivity contribution in [2.75, 3.05) is 6.61 Å². The van der Waals surface area contributed by atoms with Gasteiger partial charge in [-0.1, -0.05) is 26.0 Å². The smallest absolute Gasteiger partial charge is 0.242 e. The zero-order valence-corrected chi connectivity index (χ0v) is 10.6. The van der Waals surface area contributed by atoms with E-state index in [0.717, 1.165) is 6.42 Å². The number of aliphatic hydroxyl groups is 1. The molecule has 96 valence electrons. The number of carbonyl (C=O) groups is 1. The van der Waals surface area contributed by atoms with Crippen LogP contribution in [0.25, 0.3) is 0 Å². The fourth-order valence-corrected chi connectivity index (χ4v) is 1.64. The van der Waals surface area contributed by atoms with Crippen LogP contribution in [0.3, 0.4) is 0 Å². The van der Waals surface area contributed by atoms with E-state index in [9.17, 15) is 9.90 Å². The Balaban J connectivity index is 2.43. The molecule has 1 rings (SSSR count). The molecule has 0 bridgehead atoms. The van der Waals surface area contributed by atoms with Gasteiger partial charge in [-0.05, 0) is 11.8 Å². The van der Waals surface area contributed by atoms with Crippen LogP contribution in [0, 0.1) is 5.41 Å². The van der Waals surface area contributed by atoms with Crippen molar-refractivity contribution in [2.24, 2.45) is 5.41 Å². The van der Waals surface area contributed by atoms with Crippen molar-refractivity contribution in [3.05, 3.63) is 12.4 Å². The summed E-state index contributed by atoms with van der Waals surface area (Å²) in [5, 5.41) is 19.3. The van der Waals surface area contributed by atoms with Gasteiger partial charge in [0.15, 0.2) is 0 Å². The van der Waals surface area contributed by atoms with E-state index in [1.165, 1.54) is 10.9 Å². The molecule has 0 aliphatic heterocycles. The number of aliphatic hydroxyl groups excluding tert-OH is 1. The first-order valence-electron chi connectivity index (χ1n) is 5.65. The molecule has 1 aromatic rings. The molecule has 6 nitrogen and oxygen atoms in total. The molecular weight excluding hydrogens is 220 g/mol. The molecule has 1 amide bonds. The number of amides is 1. The largest absolute Gasteiger partial charge is 0.394 e. The van der Waals surface area contributed by atoms with Crippen LogP contribution in [0.4, 0.5) is 0 Å². The molecule has 0 radical (unpaired) electrons. The Hall–Kier alpha value is -1.43. The van der Waals surface area contributed by atoms with Crippen LogP contribution >= 0.6 is 0 Å². The molecule has 0 aromatic carbocycles. The van der Waals surface area contributed by atoms with E-state index in [2.05, 4.69) is 36.4 Å². The number of rotatable bonds is 5. The van der Waals surface area contributed by atoms with Crippen molar-refractivity contribution in [1.82, 2.24) is 20.3 Å². The first-order chi connectivity index (χ1) is 7.90. The van der Waals surface area contributed by atoms with E-state index in [4.69, 9.17) is 0 Å². The average Bonchev–Trinajstić information content (AvgIpc) is 2.67. The highest BCUT2D eigenvalue weighted by atomic mass is 16.3. The zero-order valence-electron chi connectivity index (χ0n) is 10.6. The van der Waals surface area contributed by atoms with Gasteiger partial charge in [0.2, 0.25) is 5.91 Å². The number of carbonyl (C=O) groups excluding carboxylic acids is 1. The Bertz CT molecular complexity index is 343. The molecule has 1 atom stereocenters. The number of nitrogens with one attached hydrogen (secondary N) is 1. The molecule has 1 unspecified atom stereocenters. The molecule has 0 aliphatic rings. The van der Waals surface area contributed by atoms with Crippen LogP contribution in [0.1, 0.15) is 27.2 Å². The Morgan fingerprint density at radius 1 is 1.53 bits per heavy atom. The topological polar surface area (TPSA) is 80.0 Å². The highest BCUT2D eigenvalue weighted by Gasteiger charge is 2.19. The van der Waals surface area contributed by atoms with Crippen molar-refractivity contribution in [1.29, 1.82) is 0 Å². The van der Waals surface area contributed by atoms with Crippen LogP contribution < -0.4 is 5.32 Å². The highest BCUT2D eigenvalue weighted by molar-refractivity contribution is 5.75. The van der Waals surface area contributed by atoms with Crippen molar-refractivity contribution in [2.45, 2.75) is 39.8 Å². The number of hydrogen-bond donors (Lipinski definition) is 2. The maximum atomic E-state index is 11.7. The van der Waals surface area contributed by atoms with Crippen LogP contribution in [-0.2, 0) is 11.3 Å². The molecule has 0 saturated carbocycles. The van der Waals surface area contributed by atoms with Gasteiger partial charge in [0.05, 0.1) is 18.8 Å². The van der Waals surface area contributed by atoms with Gasteiger partial charge in [0, 0.05) is 6.20 Å². The summed E-state index contributed by atoms with van der Waals surface area (Å²) >= 11 is 0. The molecule has 0 fully saturated rings. The van der Waals surface area contributed by atoms with E-state index in [0.29, 0.717) is 0 Å². The van der Waals surface area contributed by atoms with Crippen LogP contribution in [0.5, 0.6) is 0 Å². The summed E-state index contributed by atoms with van der Waals surface area (Å²) in [6, 6.07) is -0.217. The lowest BCUT2D eigenvalue weighted by Crippen LogP contribution is -2.41. The number of hydrogen-bond acceptors (Lipinski definition) is 4. The molecule has 1 heterocycles. The molecule has 0 saturated heterocycles. The van der Waals surface area contributed by atoms with Crippen molar-refractivity contribution in [3.8, 4) is 0 Å². The molecule has 1 aromatic heterocycles. The average molecular weight is 240 g/mol. The Morgan fingerprint density at radius 3 is 2.71 bits per heavy atom. The van der Waals surface area contributed by atoms with Crippen LogP contribution in [-0.4, -0.2) is 38.7 Å². The van der Waals surface area contributed by atoms with Gasteiger partial charge < -0.3 is 10.4 Å². The lowest BCUT2D eigenvalue weighted by molar-refractivity contribution is -0.123. The second-order valence-electron chi connectivity index (χ2n) is 5.31. The highest BCUT2D eigenvalue weighted by Crippen LogP contribution is 2.20. The van der Waals surface area contributed by atoms with Crippen molar-refractivity contribution >= 4 is 5.91 Å². The van der Waals surface area contributed by atoms with Gasteiger partial charge in [-0.15, -0.1) is 5.10 Å². The summed E-state index contributed by atoms with van der Waals surface area (Å²) in [5.74, 6) is -0.168. The SMILES string of the molecule is CC(C)(C)CC(CO)NC(=O)Cn1ccnn1. The second kappa shape index (κ2) is 5.77. The number of aromatic nitrogens is 3. The lowest BCUT2D eigenvalue weighted by Gasteiger charge is -2.25. The van der Waals surface area contributed by atoms with Gasteiger partial charge >= 0.3 is 0 Å². The van der Waals surface area contributed by atoms with Crippen LogP contribution in [0.2, 0.25) is 0 Å². The van der Waals surface area contributed by atoms with E-state index in [1.54, 1.807) is 6.20 Å². The Labute approximate surface area is 101 Å². The van der Waals surface area contributed by atoms with Gasteiger partial charge in [0.25, 0.3) is 0 Å². The maximum absolute atomic E-state index is 11.7. The van der Waals surface area contributed by atoms with E-state index >= 15 is 0 Å². The predicted molar refractivity (Wildman–Crippen MR) is 63.1 cm³/mol. The monoisotopic (exact) mass is 240 g/mol. The number of nitrogens with zero attached hydrogens (tertiary/aromatic N) is 3. The van der Waals surface area contributed by atoms with Crippen molar-refractivity contribution in [3.63, 3.8) is 0 Å². The Kier molecular flexibility index (Phi) is 4.62. The molecular formula is C11H20N4O2. The van der Waals surface area contributed by atoms with Crippen molar-refractivity contribution < 1.29 is 9.90 Å². The third-order valence-electron chi connectivity index (χ3n) is 2.22. The van der Waals surface area contributed by atoms with E-state index < -0.39 is 0 Å². The minimum atomic E-state index is -0.217. The fourth-order valence-electron chi connectivity index (χ4n) is 1.64. The standard InChI is InChI=1S/C11H20N4O2/c1-11(2,3)6-9(8-16)13-10(17)7-15-5-4-12-14-15/h4-5,9,16H,6-8H2,1-3H3,(H,13,17). The maximum Gasteiger partial charge on any atom is 0.242 e. The quantitative estimate of drug-likeness (QED) is 0.770. The summed E-state index contributed by atoms with van der Waals surface area (Å²) in [6.45, 7) is 6.28.